The maximum absolute atomic E-state index is 13.3. The van der Waals surface area contributed by atoms with E-state index in [2.05, 4.69) is 31.9 Å². The molecule has 0 spiro atoms. The van der Waals surface area contributed by atoms with Crippen LogP contribution in [0.4, 0.5) is 15.8 Å². The van der Waals surface area contributed by atoms with Gasteiger partial charge >= 0.3 is 0 Å². The number of carbonyl (C=O) groups is 1. The molecule has 0 aromatic heterocycles. The third kappa shape index (κ3) is 7.27. The van der Waals surface area contributed by atoms with Crippen molar-refractivity contribution in [2.45, 2.75) is 19.4 Å². The second-order valence-electron chi connectivity index (χ2n) is 7.00. The minimum Gasteiger partial charge on any atom is -0.495 e. The van der Waals surface area contributed by atoms with Gasteiger partial charge in [-0.05, 0) is 43.7 Å². The van der Waals surface area contributed by atoms with E-state index in [1.54, 1.807) is 19.2 Å². The SMILES string of the molecule is CCNC(=NCC(=O)Nc1cccc(F)c1)NC1CCN(c2ccccc2OC)C1.I. The van der Waals surface area contributed by atoms with Gasteiger partial charge in [-0.3, -0.25) is 4.79 Å². The number of nitrogens with one attached hydrogen (secondary N) is 3. The first kappa shape index (κ1) is 24.7. The van der Waals surface area contributed by atoms with E-state index in [0.717, 1.165) is 30.9 Å². The molecule has 1 atom stereocenters. The molecule has 3 rings (SSSR count). The van der Waals surface area contributed by atoms with Gasteiger partial charge in [0.2, 0.25) is 5.91 Å². The lowest BCUT2D eigenvalue weighted by molar-refractivity contribution is -0.114. The zero-order valence-electron chi connectivity index (χ0n) is 17.7. The summed E-state index contributed by atoms with van der Waals surface area (Å²) in [4.78, 5) is 18.8. The smallest absolute Gasteiger partial charge is 0.246 e. The highest BCUT2D eigenvalue weighted by atomic mass is 127. The van der Waals surface area contributed by atoms with E-state index in [1.165, 1.54) is 12.1 Å². The summed E-state index contributed by atoms with van der Waals surface area (Å²) in [6.45, 7) is 4.30. The summed E-state index contributed by atoms with van der Waals surface area (Å²) in [5.74, 6) is 0.735. The first-order valence-corrected chi connectivity index (χ1v) is 10.1. The van der Waals surface area contributed by atoms with Crippen LogP contribution in [-0.2, 0) is 4.79 Å². The topological polar surface area (TPSA) is 78.0 Å². The molecule has 9 heteroatoms. The van der Waals surface area contributed by atoms with Gasteiger partial charge in [0.15, 0.2) is 5.96 Å². The molecule has 2 aromatic rings. The lowest BCUT2D eigenvalue weighted by atomic mass is 10.2. The van der Waals surface area contributed by atoms with E-state index >= 15 is 0 Å². The number of benzene rings is 2. The van der Waals surface area contributed by atoms with E-state index in [9.17, 15) is 9.18 Å². The second kappa shape index (κ2) is 12.3. The maximum atomic E-state index is 13.3. The third-order valence-corrected chi connectivity index (χ3v) is 4.79. The fraction of sp³-hybridized carbons (Fsp3) is 0.364. The second-order valence-corrected chi connectivity index (χ2v) is 7.00. The molecule has 1 aliphatic rings. The van der Waals surface area contributed by atoms with E-state index < -0.39 is 5.82 Å². The predicted octanol–water partition coefficient (Wildman–Crippen LogP) is 3.22. The van der Waals surface area contributed by atoms with Gasteiger partial charge in [-0.25, -0.2) is 9.38 Å². The van der Waals surface area contributed by atoms with Crippen molar-refractivity contribution >= 4 is 47.2 Å². The lowest BCUT2D eigenvalue weighted by Gasteiger charge is -2.22. The molecule has 168 valence electrons. The number of nitrogens with zero attached hydrogens (tertiary/aromatic N) is 2. The number of ether oxygens (including phenoxy) is 1. The van der Waals surface area contributed by atoms with Gasteiger partial charge in [0.1, 0.15) is 18.1 Å². The molecule has 0 radical (unpaired) electrons. The zero-order valence-corrected chi connectivity index (χ0v) is 20.1. The Bertz CT molecular complexity index is 896. The number of methoxy groups -OCH3 is 1. The predicted molar refractivity (Wildman–Crippen MR) is 133 cm³/mol. The molecule has 0 aliphatic carbocycles. The number of aliphatic imine (C=N–C) groups is 1. The van der Waals surface area contributed by atoms with Crippen molar-refractivity contribution < 1.29 is 13.9 Å². The Morgan fingerprint density at radius 2 is 2.06 bits per heavy atom. The monoisotopic (exact) mass is 541 g/mol. The van der Waals surface area contributed by atoms with Crippen molar-refractivity contribution in [2.24, 2.45) is 4.99 Å². The third-order valence-electron chi connectivity index (χ3n) is 4.79. The van der Waals surface area contributed by atoms with Gasteiger partial charge in [0.25, 0.3) is 0 Å². The fourth-order valence-electron chi connectivity index (χ4n) is 3.42. The Morgan fingerprint density at radius 3 is 2.81 bits per heavy atom. The van der Waals surface area contributed by atoms with Crippen molar-refractivity contribution in [3.05, 3.63) is 54.3 Å². The average Bonchev–Trinajstić information content (AvgIpc) is 3.20. The first-order valence-electron chi connectivity index (χ1n) is 10.1. The Balaban J connectivity index is 0.00000341. The molecule has 3 N–H and O–H groups in total. The van der Waals surface area contributed by atoms with Crippen LogP contribution in [0.3, 0.4) is 0 Å². The number of guanidine groups is 1. The average molecular weight is 541 g/mol. The number of anilines is 2. The largest absolute Gasteiger partial charge is 0.495 e. The fourth-order valence-corrected chi connectivity index (χ4v) is 3.42. The summed E-state index contributed by atoms with van der Waals surface area (Å²) in [6, 6.07) is 14.0. The molecule has 1 saturated heterocycles. The number of amides is 1. The highest BCUT2D eigenvalue weighted by Gasteiger charge is 2.25. The highest BCUT2D eigenvalue weighted by Crippen LogP contribution is 2.30. The molecule has 1 unspecified atom stereocenters. The van der Waals surface area contributed by atoms with Gasteiger partial charge in [-0.2, -0.15) is 0 Å². The van der Waals surface area contributed by atoms with E-state index in [0.29, 0.717) is 18.2 Å². The zero-order chi connectivity index (χ0) is 21.3. The molecule has 2 aromatic carbocycles. The number of halogens is 2. The molecule has 0 saturated carbocycles. The molecule has 1 fully saturated rings. The van der Waals surface area contributed by atoms with Crippen LogP contribution < -0.4 is 25.6 Å². The number of hydrogen-bond donors (Lipinski definition) is 3. The standard InChI is InChI=1S/C22H28FN5O2.HI/c1-3-24-22(25-14-21(29)26-17-8-6-7-16(23)13-17)27-18-11-12-28(15-18)19-9-4-5-10-20(19)30-2;/h4-10,13,18H,3,11-12,14-15H2,1-2H3,(H,26,29)(H2,24,25,27);1H. The normalized spacial score (nSPS) is 15.8. The number of carbonyl (C=O) groups excluding carboxylic acids is 1. The minimum atomic E-state index is -0.396. The quantitative estimate of drug-likeness (QED) is 0.285. The van der Waals surface area contributed by atoms with Crippen LogP contribution in [0, 0.1) is 5.82 Å². The summed E-state index contributed by atoms with van der Waals surface area (Å²) in [5.41, 5.74) is 1.48. The molecular formula is C22H29FIN5O2. The molecule has 31 heavy (non-hydrogen) atoms. The molecule has 7 nitrogen and oxygen atoms in total. The van der Waals surface area contributed by atoms with E-state index in [4.69, 9.17) is 4.74 Å². The maximum Gasteiger partial charge on any atom is 0.246 e. The van der Waals surface area contributed by atoms with Gasteiger partial charge in [0, 0.05) is 31.4 Å². The Morgan fingerprint density at radius 1 is 1.26 bits per heavy atom. The van der Waals surface area contributed by atoms with Crippen molar-refractivity contribution in [3.8, 4) is 5.75 Å². The van der Waals surface area contributed by atoms with E-state index in [-0.39, 0.29) is 42.5 Å². The Hall–Kier alpha value is -2.56. The number of rotatable bonds is 7. The van der Waals surface area contributed by atoms with Crippen LogP contribution in [0.15, 0.2) is 53.5 Å². The van der Waals surface area contributed by atoms with Crippen molar-refractivity contribution in [3.63, 3.8) is 0 Å². The first-order chi connectivity index (χ1) is 14.6. The van der Waals surface area contributed by atoms with Crippen molar-refractivity contribution in [2.75, 3.05) is 43.5 Å². The van der Waals surface area contributed by atoms with E-state index in [1.807, 2.05) is 25.1 Å². The van der Waals surface area contributed by atoms with Crippen LogP contribution in [0.2, 0.25) is 0 Å². The molecule has 0 bridgehead atoms. The lowest BCUT2D eigenvalue weighted by Crippen LogP contribution is -2.45. The number of hydrogen-bond acceptors (Lipinski definition) is 4. The van der Waals surface area contributed by atoms with Crippen LogP contribution in [-0.4, -0.2) is 51.2 Å². The molecule has 1 amide bonds. The Labute approximate surface area is 199 Å². The molecule has 1 heterocycles. The Kier molecular flexibility index (Phi) is 9.83. The van der Waals surface area contributed by atoms with Crippen LogP contribution >= 0.6 is 24.0 Å². The molecule has 1 aliphatic heterocycles. The van der Waals surface area contributed by atoms with Crippen LogP contribution in [0.1, 0.15) is 13.3 Å². The number of para-hydroxylation sites is 2. The summed E-state index contributed by atoms with van der Waals surface area (Å²) in [6.07, 6.45) is 0.942. The van der Waals surface area contributed by atoms with Gasteiger partial charge < -0.3 is 25.6 Å². The molecular weight excluding hydrogens is 512 g/mol. The van der Waals surface area contributed by atoms with Crippen molar-refractivity contribution in [1.82, 2.24) is 10.6 Å². The van der Waals surface area contributed by atoms with Crippen LogP contribution in [0.25, 0.3) is 0 Å². The van der Waals surface area contributed by atoms with Crippen LogP contribution in [0.5, 0.6) is 5.75 Å². The minimum absolute atomic E-state index is 0. The summed E-state index contributed by atoms with van der Waals surface area (Å²) in [7, 11) is 1.68. The van der Waals surface area contributed by atoms with Gasteiger partial charge in [0.05, 0.1) is 12.8 Å². The summed E-state index contributed by atoms with van der Waals surface area (Å²) >= 11 is 0. The summed E-state index contributed by atoms with van der Waals surface area (Å²) < 4.78 is 18.7. The summed E-state index contributed by atoms with van der Waals surface area (Å²) in [5, 5.41) is 9.22. The highest BCUT2D eigenvalue weighted by molar-refractivity contribution is 14.0. The van der Waals surface area contributed by atoms with Gasteiger partial charge in [-0.1, -0.05) is 18.2 Å². The van der Waals surface area contributed by atoms with Gasteiger partial charge in [-0.15, -0.1) is 24.0 Å². The van der Waals surface area contributed by atoms with Crippen molar-refractivity contribution in [1.29, 1.82) is 0 Å².